The van der Waals surface area contributed by atoms with Gasteiger partial charge in [0.05, 0.1) is 4.92 Å². The molecule has 1 aromatic carbocycles. The third-order valence-electron chi connectivity index (χ3n) is 1.73. The number of nitrogens with zero attached hydrogens (tertiary/aromatic N) is 1. The minimum absolute atomic E-state index is 0.0377. The smallest absolute Gasteiger partial charge is 0.388 e. The molecule has 1 aliphatic rings. The van der Waals surface area contributed by atoms with Crippen LogP contribution >= 0.6 is 0 Å². The van der Waals surface area contributed by atoms with Gasteiger partial charge in [-0.15, -0.1) is 0 Å². The molecule has 1 heterocycles. The Morgan fingerprint density at radius 3 is 2.77 bits per heavy atom. The monoisotopic (exact) mass is 181 g/mol. The average Bonchev–Trinajstić information content (AvgIpc) is 2.17. The summed E-state index contributed by atoms with van der Waals surface area (Å²) in [6.07, 6.45) is -1.09. The largest absolute Gasteiger partial charge is 0.478 e. The van der Waals surface area contributed by atoms with Crippen LogP contribution in [-0.4, -0.2) is 17.8 Å². The van der Waals surface area contributed by atoms with E-state index < -0.39 is 11.2 Å². The Hall–Kier alpha value is -1.78. The Balaban J connectivity index is 2.24. The second-order valence-corrected chi connectivity index (χ2v) is 2.62. The van der Waals surface area contributed by atoms with Gasteiger partial charge in [0.2, 0.25) is 0 Å². The Labute approximate surface area is 74.0 Å². The van der Waals surface area contributed by atoms with Gasteiger partial charge in [-0.3, -0.25) is 10.1 Å². The summed E-state index contributed by atoms with van der Waals surface area (Å²) in [6.45, 7) is -0.0377. The Morgan fingerprint density at radius 2 is 2.08 bits per heavy atom. The first kappa shape index (κ1) is 7.85. The molecule has 68 valence electrons. The summed E-state index contributed by atoms with van der Waals surface area (Å²) in [5, 5.41) is 10.4. The number of ether oxygens (including phenoxy) is 2. The van der Waals surface area contributed by atoms with Crippen LogP contribution in [-0.2, 0) is 0 Å². The van der Waals surface area contributed by atoms with Crippen molar-refractivity contribution in [1.29, 1.82) is 0 Å². The summed E-state index contributed by atoms with van der Waals surface area (Å²) in [7, 11) is 0. The molecule has 13 heavy (non-hydrogen) atoms. The van der Waals surface area contributed by atoms with Gasteiger partial charge in [-0.1, -0.05) is 12.1 Å². The molecule has 0 fully saturated rings. The van der Waals surface area contributed by atoms with Crippen molar-refractivity contribution >= 4 is 0 Å². The molecule has 2 rings (SSSR count). The summed E-state index contributed by atoms with van der Waals surface area (Å²) in [5.74, 6) is 0.982. The van der Waals surface area contributed by atoms with E-state index in [1.807, 2.05) is 0 Å². The van der Waals surface area contributed by atoms with Gasteiger partial charge in [-0.05, 0) is 12.1 Å². The fourth-order valence-corrected chi connectivity index (χ4v) is 1.11. The fourth-order valence-electron chi connectivity index (χ4n) is 1.11. The summed E-state index contributed by atoms with van der Waals surface area (Å²) < 4.78 is 10.2. The van der Waals surface area contributed by atoms with Crippen molar-refractivity contribution in [2.75, 3.05) is 6.61 Å². The van der Waals surface area contributed by atoms with E-state index >= 15 is 0 Å². The van der Waals surface area contributed by atoms with Crippen LogP contribution in [0.2, 0.25) is 0 Å². The van der Waals surface area contributed by atoms with Gasteiger partial charge >= 0.3 is 6.23 Å². The van der Waals surface area contributed by atoms with Gasteiger partial charge in [-0.25, -0.2) is 0 Å². The molecule has 0 spiro atoms. The average molecular weight is 181 g/mol. The lowest BCUT2D eigenvalue weighted by molar-refractivity contribution is -0.567. The first-order chi connectivity index (χ1) is 6.27. The molecule has 0 amide bonds. The third kappa shape index (κ3) is 1.40. The van der Waals surface area contributed by atoms with Gasteiger partial charge in [0, 0.05) is 0 Å². The predicted molar refractivity (Wildman–Crippen MR) is 43.3 cm³/mol. The van der Waals surface area contributed by atoms with E-state index in [9.17, 15) is 10.1 Å². The zero-order valence-corrected chi connectivity index (χ0v) is 6.67. The maximum absolute atomic E-state index is 10.4. The van der Waals surface area contributed by atoms with E-state index in [2.05, 4.69) is 0 Å². The molecule has 1 atom stereocenters. The molecular formula is C8H7NO4. The number of hydrogen-bond donors (Lipinski definition) is 0. The lowest BCUT2D eigenvalue weighted by atomic mass is 10.3. The van der Waals surface area contributed by atoms with Crippen LogP contribution in [0.4, 0.5) is 0 Å². The SMILES string of the molecule is O=[N+]([O-])C1COc2ccccc2O1. The maximum Gasteiger partial charge on any atom is 0.388 e. The lowest BCUT2D eigenvalue weighted by Crippen LogP contribution is -2.35. The molecule has 1 unspecified atom stereocenters. The lowest BCUT2D eigenvalue weighted by Gasteiger charge is -2.20. The Bertz CT molecular complexity index is 339. The van der Waals surface area contributed by atoms with Gasteiger partial charge in [-0.2, -0.15) is 0 Å². The normalized spacial score (nSPS) is 19.5. The number of fused-ring (bicyclic) bond motifs is 1. The molecule has 0 N–H and O–H groups in total. The maximum atomic E-state index is 10.4. The molecule has 0 aliphatic carbocycles. The Kier molecular flexibility index (Phi) is 1.77. The van der Waals surface area contributed by atoms with Gasteiger partial charge < -0.3 is 9.47 Å². The van der Waals surface area contributed by atoms with Crippen molar-refractivity contribution in [1.82, 2.24) is 0 Å². The number of nitro groups is 1. The molecule has 1 aromatic rings. The van der Waals surface area contributed by atoms with Gasteiger partial charge in [0.25, 0.3) is 0 Å². The van der Waals surface area contributed by atoms with Crippen LogP contribution in [0.3, 0.4) is 0 Å². The highest BCUT2D eigenvalue weighted by atomic mass is 16.7. The Morgan fingerprint density at radius 1 is 1.38 bits per heavy atom. The summed E-state index contributed by atoms with van der Waals surface area (Å²) >= 11 is 0. The van der Waals surface area contributed by atoms with E-state index in [-0.39, 0.29) is 6.61 Å². The van der Waals surface area contributed by atoms with E-state index in [4.69, 9.17) is 9.47 Å². The van der Waals surface area contributed by atoms with Crippen molar-refractivity contribution in [3.63, 3.8) is 0 Å². The van der Waals surface area contributed by atoms with Crippen molar-refractivity contribution in [2.24, 2.45) is 0 Å². The fraction of sp³-hybridized carbons (Fsp3) is 0.250. The van der Waals surface area contributed by atoms with Crippen molar-refractivity contribution < 1.29 is 14.4 Å². The number of hydrogen-bond acceptors (Lipinski definition) is 4. The summed E-state index contributed by atoms with van der Waals surface area (Å²) in [4.78, 5) is 9.86. The van der Waals surface area contributed by atoms with Gasteiger partial charge in [0.1, 0.15) is 0 Å². The van der Waals surface area contributed by atoms with Crippen molar-refractivity contribution in [3.05, 3.63) is 34.4 Å². The molecule has 1 aliphatic heterocycles. The predicted octanol–water partition coefficient (Wildman–Crippen LogP) is 1.06. The number of para-hydroxylation sites is 2. The van der Waals surface area contributed by atoms with Crippen LogP contribution in [0.25, 0.3) is 0 Å². The molecule has 0 saturated carbocycles. The van der Waals surface area contributed by atoms with E-state index in [0.29, 0.717) is 11.5 Å². The molecule has 0 bridgehead atoms. The zero-order chi connectivity index (χ0) is 9.26. The van der Waals surface area contributed by atoms with Crippen molar-refractivity contribution in [2.45, 2.75) is 6.23 Å². The number of rotatable bonds is 1. The first-order valence-corrected chi connectivity index (χ1v) is 3.79. The third-order valence-corrected chi connectivity index (χ3v) is 1.73. The second-order valence-electron chi connectivity index (χ2n) is 2.62. The highest BCUT2D eigenvalue weighted by Crippen LogP contribution is 2.30. The van der Waals surface area contributed by atoms with E-state index in [1.165, 1.54) is 0 Å². The molecule has 5 heteroatoms. The van der Waals surface area contributed by atoms with Crippen LogP contribution in [0.1, 0.15) is 0 Å². The second kappa shape index (κ2) is 2.93. The molecule has 0 saturated heterocycles. The highest BCUT2D eigenvalue weighted by molar-refractivity contribution is 5.40. The summed E-state index contributed by atoms with van der Waals surface area (Å²) in [5.41, 5.74) is 0. The van der Waals surface area contributed by atoms with Crippen molar-refractivity contribution in [3.8, 4) is 11.5 Å². The minimum atomic E-state index is -1.09. The van der Waals surface area contributed by atoms with Gasteiger partial charge in [0.15, 0.2) is 18.1 Å². The van der Waals surface area contributed by atoms with Crippen LogP contribution in [0.15, 0.2) is 24.3 Å². The van der Waals surface area contributed by atoms with Crippen LogP contribution in [0, 0.1) is 10.1 Å². The minimum Gasteiger partial charge on any atom is -0.478 e. The quantitative estimate of drug-likeness (QED) is 0.480. The molecule has 0 radical (unpaired) electrons. The summed E-state index contributed by atoms with van der Waals surface area (Å²) in [6, 6.07) is 6.88. The highest BCUT2D eigenvalue weighted by Gasteiger charge is 2.28. The van der Waals surface area contributed by atoms with E-state index in [1.54, 1.807) is 24.3 Å². The molecule has 5 nitrogen and oxygen atoms in total. The van der Waals surface area contributed by atoms with E-state index in [0.717, 1.165) is 0 Å². The zero-order valence-electron chi connectivity index (χ0n) is 6.67. The van der Waals surface area contributed by atoms with Crippen LogP contribution in [0.5, 0.6) is 11.5 Å². The standard InChI is InChI=1S/C8H7NO4/c10-9(11)8-5-12-6-3-1-2-4-7(6)13-8/h1-4,8H,5H2. The molecule has 0 aromatic heterocycles. The van der Waals surface area contributed by atoms with Crippen LogP contribution < -0.4 is 9.47 Å². The number of benzene rings is 1. The topological polar surface area (TPSA) is 61.6 Å². The molecular weight excluding hydrogens is 174 g/mol. The first-order valence-electron chi connectivity index (χ1n) is 3.79.